The van der Waals surface area contributed by atoms with E-state index in [2.05, 4.69) is 10.3 Å². The molecule has 0 aliphatic rings. The molecule has 0 fully saturated rings. The maximum Gasteiger partial charge on any atom is 0.258 e. The van der Waals surface area contributed by atoms with Gasteiger partial charge in [0.05, 0.1) is 22.9 Å². The molecule has 4 nitrogen and oxygen atoms in total. The molecule has 6 heteroatoms. The van der Waals surface area contributed by atoms with Gasteiger partial charge in [0, 0.05) is 18.0 Å². The SMILES string of the molecule is CCOc1cc(F)ccc1NC(=O)c1cnc(C)cc1Cl. The number of hydrogen-bond acceptors (Lipinski definition) is 3. The van der Waals surface area contributed by atoms with Gasteiger partial charge in [0.1, 0.15) is 11.6 Å². The maximum absolute atomic E-state index is 13.2. The van der Waals surface area contributed by atoms with Gasteiger partial charge in [-0.3, -0.25) is 9.78 Å². The molecular weight excluding hydrogens is 295 g/mol. The minimum absolute atomic E-state index is 0.244. The molecule has 1 N–H and O–H groups in total. The summed E-state index contributed by atoms with van der Waals surface area (Å²) < 4.78 is 18.5. The van der Waals surface area contributed by atoms with Crippen LogP contribution in [0.3, 0.4) is 0 Å². The second-order valence-corrected chi connectivity index (χ2v) is 4.74. The summed E-state index contributed by atoms with van der Waals surface area (Å²) in [4.78, 5) is 16.2. The number of aromatic nitrogens is 1. The number of anilines is 1. The normalized spacial score (nSPS) is 10.3. The van der Waals surface area contributed by atoms with Crippen molar-refractivity contribution in [2.75, 3.05) is 11.9 Å². The van der Waals surface area contributed by atoms with Crippen LogP contribution in [0.15, 0.2) is 30.5 Å². The summed E-state index contributed by atoms with van der Waals surface area (Å²) in [5.41, 5.74) is 1.34. The van der Waals surface area contributed by atoms with Crippen molar-refractivity contribution in [1.82, 2.24) is 4.98 Å². The van der Waals surface area contributed by atoms with Crippen molar-refractivity contribution in [3.8, 4) is 5.75 Å². The summed E-state index contributed by atoms with van der Waals surface area (Å²) in [6, 6.07) is 5.50. The first-order valence-electron chi connectivity index (χ1n) is 6.37. The Kier molecular flexibility index (Phi) is 4.75. The molecule has 0 aliphatic heterocycles. The smallest absolute Gasteiger partial charge is 0.258 e. The number of aryl methyl sites for hydroxylation is 1. The van der Waals surface area contributed by atoms with Gasteiger partial charge >= 0.3 is 0 Å². The third-order valence-corrected chi connectivity index (χ3v) is 3.04. The van der Waals surface area contributed by atoms with Gasteiger partial charge in [-0.1, -0.05) is 11.6 Å². The molecule has 1 amide bonds. The molecule has 0 radical (unpaired) electrons. The quantitative estimate of drug-likeness (QED) is 0.933. The summed E-state index contributed by atoms with van der Waals surface area (Å²) in [7, 11) is 0. The van der Waals surface area contributed by atoms with Gasteiger partial charge in [0.25, 0.3) is 5.91 Å². The molecule has 2 rings (SSSR count). The highest BCUT2D eigenvalue weighted by atomic mass is 35.5. The highest BCUT2D eigenvalue weighted by molar-refractivity contribution is 6.34. The fraction of sp³-hybridized carbons (Fsp3) is 0.200. The van der Waals surface area contributed by atoms with Crippen LogP contribution in [0.1, 0.15) is 23.0 Å². The largest absolute Gasteiger partial charge is 0.492 e. The van der Waals surface area contributed by atoms with Crippen LogP contribution in [0.2, 0.25) is 5.02 Å². The van der Waals surface area contributed by atoms with Crippen LogP contribution < -0.4 is 10.1 Å². The predicted octanol–water partition coefficient (Wildman–Crippen LogP) is 3.83. The Morgan fingerprint density at radius 1 is 1.43 bits per heavy atom. The lowest BCUT2D eigenvalue weighted by Gasteiger charge is -2.12. The molecule has 21 heavy (non-hydrogen) atoms. The Bertz CT molecular complexity index is 677. The molecule has 0 saturated heterocycles. The van der Waals surface area contributed by atoms with Gasteiger partial charge in [-0.2, -0.15) is 0 Å². The zero-order valence-electron chi connectivity index (χ0n) is 11.6. The van der Waals surface area contributed by atoms with Crippen LogP contribution in [0.25, 0.3) is 0 Å². The van der Waals surface area contributed by atoms with Crippen molar-refractivity contribution in [2.24, 2.45) is 0 Å². The van der Waals surface area contributed by atoms with E-state index in [0.717, 1.165) is 0 Å². The van der Waals surface area contributed by atoms with E-state index < -0.39 is 11.7 Å². The standard InChI is InChI=1S/C15H14ClFN2O2/c1-3-21-14-7-10(17)4-5-13(14)19-15(20)11-8-18-9(2)6-12(11)16/h4-8H,3H2,1-2H3,(H,19,20). The third kappa shape index (κ3) is 3.70. The number of pyridine rings is 1. The summed E-state index contributed by atoms with van der Waals surface area (Å²) in [6.07, 6.45) is 1.40. The van der Waals surface area contributed by atoms with Gasteiger partial charge in [-0.15, -0.1) is 0 Å². The second kappa shape index (κ2) is 6.54. The number of nitrogens with zero attached hydrogens (tertiary/aromatic N) is 1. The minimum Gasteiger partial charge on any atom is -0.492 e. The summed E-state index contributed by atoms with van der Waals surface area (Å²) in [5, 5.41) is 2.95. The first kappa shape index (κ1) is 15.3. The molecule has 0 saturated carbocycles. The number of amides is 1. The van der Waals surface area contributed by atoms with Crippen LogP contribution in [0.5, 0.6) is 5.75 Å². The van der Waals surface area contributed by atoms with Crippen molar-refractivity contribution in [1.29, 1.82) is 0 Å². The van der Waals surface area contributed by atoms with E-state index in [1.807, 2.05) is 0 Å². The summed E-state index contributed by atoms with van der Waals surface area (Å²) >= 11 is 6.02. The molecule has 110 valence electrons. The van der Waals surface area contributed by atoms with Crippen molar-refractivity contribution >= 4 is 23.2 Å². The average Bonchev–Trinajstić information content (AvgIpc) is 2.42. The van der Waals surface area contributed by atoms with Gasteiger partial charge < -0.3 is 10.1 Å². The van der Waals surface area contributed by atoms with Crippen molar-refractivity contribution in [3.63, 3.8) is 0 Å². The van der Waals surface area contributed by atoms with E-state index in [9.17, 15) is 9.18 Å². The summed E-state index contributed by atoms with van der Waals surface area (Å²) in [6.45, 7) is 3.91. The van der Waals surface area contributed by atoms with Crippen LogP contribution in [-0.2, 0) is 0 Å². The number of hydrogen-bond donors (Lipinski definition) is 1. The minimum atomic E-state index is -0.438. The van der Waals surface area contributed by atoms with E-state index in [4.69, 9.17) is 16.3 Å². The van der Waals surface area contributed by atoms with Gasteiger partial charge in [-0.05, 0) is 32.0 Å². The molecule has 0 unspecified atom stereocenters. The second-order valence-electron chi connectivity index (χ2n) is 4.33. The molecule has 1 aromatic carbocycles. The molecular formula is C15H14ClFN2O2. The maximum atomic E-state index is 13.2. The van der Waals surface area contributed by atoms with Crippen molar-refractivity contribution in [2.45, 2.75) is 13.8 Å². The number of halogens is 2. The zero-order chi connectivity index (χ0) is 15.4. The lowest BCUT2D eigenvalue weighted by atomic mass is 10.2. The Hall–Kier alpha value is -2.14. The third-order valence-electron chi connectivity index (χ3n) is 2.73. The molecule has 2 aromatic rings. The molecule has 1 aromatic heterocycles. The van der Waals surface area contributed by atoms with Crippen molar-refractivity contribution in [3.05, 3.63) is 52.6 Å². The monoisotopic (exact) mass is 308 g/mol. The van der Waals surface area contributed by atoms with Crippen LogP contribution in [0, 0.1) is 12.7 Å². The van der Waals surface area contributed by atoms with E-state index in [0.29, 0.717) is 23.0 Å². The van der Waals surface area contributed by atoms with E-state index >= 15 is 0 Å². The Morgan fingerprint density at radius 3 is 2.86 bits per heavy atom. The highest BCUT2D eigenvalue weighted by Crippen LogP contribution is 2.27. The van der Waals surface area contributed by atoms with E-state index in [-0.39, 0.29) is 11.3 Å². The zero-order valence-corrected chi connectivity index (χ0v) is 12.4. The lowest BCUT2D eigenvalue weighted by Crippen LogP contribution is -2.14. The first-order valence-corrected chi connectivity index (χ1v) is 6.75. The molecule has 0 spiro atoms. The lowest BCUT2D eigenvalue weighted by molar-refractivity contribution is 0.102. The Balaban J connectivity index is 2.27. The average molecular weight is 309 g/mol. The van der Waals surface area contributed by atoms with Crippen LogP contribution >= 0.6 is 11.6 Å². The molecule has 0 atom stereocenters. The summed E-state index contributed by atoms with van der Waals surface area (Å²) in [5.74, 6) is -0.603. The van der Waals surface area contributed by atoms with E-state index in [1.165, 1.54) is 24.4 Å². The highest BCUT2D eigenvalue weighted by Gasteiger charge is 2.14. The number of nitrogens with one attached hydrogen (secondary N) is 1. The Morgan fingerprint density at radius 2 is 2.19 bits per heavy atom. The fourth-order valence-electron chi connectivity index (χ4n) is 1.76. The number of rotatable bonds is 4. The van der Waals surface area contributed by atoms with Crippen molar-refractivity contribution < 1.29 is 13.9 Å². The predicted molar refractivity (Wildman–Crippen MR) is 79.5 cm³/mol. The Labute approximate surface area is 126 Å². The molecule has 1 heterocycles. The van der Waals surface area contributed by atoms with E-state index in [1.54, 1.807) is 19.9 Å². The molecule has 0 bridgehead atoms. The van der Waals surface area contributed by atoms with Crippen LogP contribution in [0.4, 0.5) is 10.1 Å². The number of carbonyl (C=O) groups excluding carboxylic acids is 1. The van der Waals surface area contributed by atoms with Crippen LogP contribution in [-0.4, -0.2) is 17.5 Å². The molecule has 0 aliphatic carbocycles. The van der Waals surface area contributed by atoms with Gasteiger partial charge in [0.15, 0.2) is 0 Å². The number of carbonyl (C=O) groups is 1. The van der Waals surface area contributed by atoms with Gasteiger partial charge in [-0.25, -0.2) is 4.39 Å². The number of ether oxygens (including phenoxy) is 1. The number of benzene rings is 1. The van der Waals surface area contributed by atoms with Gasteiger partial charge in [0.2, 0.25) is 0 Å². The first-order chi connectivity index (χ1) is 10.0. The fourth-order valence-corrected chi connectivity index (χ4v) is 2.05. The topological polar surface area (TPSA) is 51.2 Å².